The number of aliphatic hydroxyl groups is 1. The summed E-state index contributed by atoms with van der Waals surface area (Å²) in [6.07, 6.45) is 80.5. The van der Waals surface area contributed by atoms with Crippen LogP contribution in [0, 0.1) is 0 Å². The van der Waals surface area contributed by atoms with E-state index in [1.165, 1.54) is 141 Å². The molecule has 0 heterocycles. The van der Waals surface area contributed by atoms with Gasteiger partial charge in [0, 0.05) is 19.3 Å². The fourth-order valence-corrected chi connectivity index (χ4v) is 9.84. The summed E-state index contributed by atoms with van der Waals surface area (Å²) in [6.45, 7) is 4.45. The topological polar surface area (TPSA) is 155 Å². The first-order valence-corrected chi connectivity index (χ1v) is 35.3. The first-order valence-electron chi connectivity index (χ1n) is 33.8. The molecular weight excluding hydrogens is 1070 g/mol. The third-order valence-corrected chi connectivity index (χ3v) is 15.1. The maximum absolute atomic E-state index is 13.0. The third-order valence-electron chi connectivity index (χ3n) is 14.2. The number of aliphatic hydroxyl groups excluding tert-OH is 1. The number of carbonyl (C=O) groups excluding carboxylic acids is 3. The molecule has 0 radical (unpaired) electrons. The Morgan fingerprint density at radius 3 is 1.06 bits per heavy atom. The molecule has 84 heavy (non-hydrogen) atoms. The summed E-state index contributed by atoms with van der Waals surface area (Å²) < 4.78 is 39.7. The molecule has 482 valence electrons. The lowest BCUT2D eigenvalue weighted by molar-refractivity contribution is -0.161. The molecule has 0 aliphatic heterocycles. The quantitative estimate of drug-likeness (QED) is 0.0197. The number of phosphoric ester groups is 1. The van der Waals surface area contributed by atoms with Gasteiger partial charge in [0.1, 0.15) is 12.7 Å². The second-order valence-electron chi connectivity index (χ2n) is 22.2. The van der Waals surface area contributed by atoms with Gasteiger partial charge < -0.3 is 24.2 Å². The zero-order chi connectivity index (χ0) is 61.2. The number of hydrogen-bond acceptors (Lipinski definition) is 10. The lowest BCUT2D eigenvalue weighted by Crippen LogP contribution is -2.30. The molecule has 0 saturated carbocycles. The highest BCUT2D eigenvalue weighted by Gasteiger charge is 2.28. The Morgan fingerprint density at radius 2 is 0.643 bits per heavy atom. The minimum absolute atomic E-state index is 0.0384. The van der Waals surface area contributed by atoms with Crippen LogP contribution in [0.2, 0.25) is 0 Å². The van der Waals surface area contributed by atoms with Gasteiger partial charge >= 0.3 is 25.7 Å². The first-order chi connectivity index (χ1) is 41.2. The number of allylic oxidation sites excluding steroid dienone is 18. The normalized spacial score (nSPS) is 13.9. The Hall–Kier alpha value is -3.86. The van der Waals surface area contributed by atoms with E-state index < -0.39 is 57.8 Å². The smallest absolute Gasteiger partial charge is 0.462 e. The fraction of sp³-hybridized carbons (Fsp3) is 0.708. The number of esters is 3. The van der Waals surface area contributed by atoms with E-state index >= 15 is 0 Å². The number of ether oxygens (including phenoxy) is 3. The second-order valence-corrected chi connectivity index (χ2v) is 23.7. The highest BCUT2D eigenvalue weighted by molar-refractivity contribution is 7.47. The van der Waals surface area contributed by atoms with E-state index in [-0.39, 0.29) is 25.9 Å². The monoisotopic (exact) mass is 1190 g/mol. The summed E-state index contributed by atoms with van der Waals surface area (Å²) in [7, 11) is -4.78. The van der Waals surface area contributed by atoms with E-state index in [4.69, 9.17) is 23.3 Å². The van der Waals surface area contributed by atoms with Crippen LogP contribution in [-0.4, -0.2) is 66.5 Å². The molecule has 0 rings (SSSR count). The van der Waals surface area contributed by atoms with Crippen LogP contribution in [0.3, 0.4) is 0 Å². The van der Waals surface area contributed by atoms with Crippen LogP contribution in [0.15, 0.2) is 109 Å². The van der Waals surface area contributed by atoms with E-state index in [2.05, 4.69) is 118 Å². The molecule has 2 N–H and O–H groups in total. The van der Waals surface area contributed by atoms with Crippen molar-refractivity contribution in [3.05, 3.63) is 109 Å². The fourth-order valence-electron chi connectivity index (χ4n) is 9.06. The van der Waals surface area contributed by atoms with Gasteiger partial charge in [-0.3, -0.25) is 23.4 Å². The molecule has 0 spiro atoms. The van der Waals surface area contributed by atoms with Crippen LogP contribution in [-0.2, 0) is 42.2 Å². The van der Waals surface area contributed by atoms with Crippen LogP contribution >= 0.6 is 7.82 Å². The van der Waals surface area contributed by atoms with Crippen molar-refractivity contribution < 1.29 is 52.2 Å². The standard InChI is InChI=1S/C72H123O11P/c1-4-7-10-13-16-19-22-25-28-31-34-37-40-43-46-49-52-55-58-61-70(74)79-65-69(83-72(76)63-60-57-54-51-48-45-42-39-36-33-30-27-24-21-18-15-12-9-6-3)67-81-84(77,78)80-66-68(64-73)82-71(75)62-59-56-53-50-47-44-41-38-35-32-29-26-23-20-17-14-11-8-5-2/h9,12,17-18,20-21,25-30,36,39,45,48,54,57,68-69,73H,4-8,10-11,13-16,19,22-24,31-35,37-38,40-44,46-47,49-53,55-56,58-67H2,1-3H3,(H,77,78)/b12-9-,20-17-,21-18-,28-25-,29-26-,30-27-,39-36-,48-45-,57-54-. The van der Waals surface area contributed by atoms with Gasteiger partial charge in [-0.05, 0) is 116 Å². The van der Waals surface area contributed by atoms with E-state index in [0.29, 0.717) is 25.7 Å². The van der Waals surface area contributed by atoms with Crippen molar-refractivity contribution in [1.82, 2.24) is 0 Å². The zero-order valence-electron chi connectivity index (χ0n) is 53.6. The number of unbranched alkanes of at least 4 members (excludes halogenated alkanes) is 27. The molecule has 0 fully saturated rings. The highest BCUT2D eigenvalue weighted by atomic mass is 31.2. The maximum atomic E-state index is 13.0. The molecule has 0 aromatic rings. The van der Waals surface area contributed by atoms with E-state index in [1.807, 2.05) is 12.2 Å². The Balaban J connectivity index is 4.78. The number of carbonyl (C=O) groups is 3. The highest BCUT2D eigenvalue weighted by Crippen LogP contribution is 2.43. The van der Waals surface area contributed by atoms with Crippen molar-refractivity contribution >= 4 is 25.7 Å². The van der Waals surface area contributed by atoms with Crippen molar-refractivity contribution in [3.63, 3.8) is 0 Å². The lowest BCUT2D eigenvalue weighted by atomic mass is 10.1. The Bertz CT molecular complexity index is 1830. The largest absolute Gasteiger partial charge is 0.472 e. The average Bonchev–Trinajstić information content (AvgIpc) is 3.53. The molecule has 0 amide bonds. The molecule has 0 aromatic carbocycles. The molecule has 0 bridgehead atoms. The molecule has 11 nitrogen and oxygen atoms in total. The van der Waals surface area contributed by atoms with Crippen LogP contribution in [0.4, 0.5) is 0 Å². The predicted molar refractivity (Wildman–Crippen MR) is 353 cm³/mol. The van der Waals surface area contributed by atoms with Crippen LogP contribution in [0.5, 0.6) is 0 Å². The number of phosphoric acid groups is 1. The SMILES string of the molecule is CC/C=C\C/C=C\C/C=C\C/C=C\C/C=C\C/C=C\CCC(=O)OC(COC(=O)CCCCCCCCCCC/C=C\CCCCCCCC)COP(=O)(O)OCC(CO)OC(=O)CCCCCCCCCCC/C=C\C/C=C\CCCCC. The Labute approximate surface area is 514 Å². The van der Waals surface area contributed by atoms with E-state index in [1.54, 1.807) is 0 Å². The molecule has 0 aromatic heterocycles. The minimum Gasteiger partial charge on any atom is -0.462 e. The molecule has 0 saturated heterocycles. The van der Waals surface area contributed by atoms with Gasteiger partial charge in [-0.2, -0.15) is 0 Å². The molecular formula is C72H123O11P. The van der Waals surface area contributed by atoms with Gasteiger partial charge in [0.05, 0.1) is 19.8 Å². The van der Waals surface area contributed by atoms with Gasteiger partial charge in [0.15, 0.2) is 6.10 Å². The summed E-state index contributed by atoms with van der Waals surface area (Å²) in [6, 6.07) is 0. The number of hydrogen-bond donors (Lipinski definition) is 2. The van der Waals surface area contributed by atoms with Crippen LogP contribution in [0.1, 0.15) is 290 Å². The minimum atomic E-state index is -4.78. The van der Waals surface area contributed by atoms with E-state index in [9.17, 15) is 28.9 Å². The third kappa shape index (κ3) is 62.7. The number of rotatable bonds is 62. The summed E-state index contributed by atoms with van der Waals surface area (Å²) in [5.74, 6) is -1.57. The van der Waals surface area contributed by atoms with Gasteiger partial charge in [-0.1, -0.05) is 265 Å². The van der Waals surface area contributed by atoms with E-state index in [0.717, 1.165) is 83.5 Å². The lowest BCUT2D eigenvalue weighted by Gasteiger charge is -2.21. The van der Waals surface area contributed by atoms with Crippen LogP contribution < -0.4 is 0 Å². The molecule has 0 aliphatic carbocycles. The summed E-state index contributed by atoms with van der Waals surface area (Å²) >= 11 is 0. The maximum Gasteiger partial charge on any atom is 0.472 e. The van der Waals surface area contributed by atoms with Crippen molar-refractivity contribution in [2.45, 2.75) is 303 Å². The summed E-state index contributed by atoms with van der Waals surface area (Å²) in [5, 5.41) is 9.87. The Morgan fingerprint density at radius 1 is 0.345 bits per heavy atom. The molecule has 3 atom stereocenters. The van der Waals surface area contributed by atoms with Crippen LogP contribution in [0.25, 0.3) is 0 Å². The van der Waals surface area contributed by atoms with Crippen molar-refractivity contribution in [2.75, 3.05) is 26.4 Å². The van der Waals surface area contributed by atoms with Gasteiger partial charge in [-0.25, -0.2) is 4.57 Å². The van der Waals surface area contributed by atoms with Gasteiger partial charge in [-0.15, -0.1) is 0 Å². The first kappa shape index (κ1) is 80.1. The molecule has 3 unspecified atom stereocenters. The summed E-state index contributed by atoms with van der Waals surface area (Å²) in [5.41, 5.74) is 0. The summed E-state index contributed by atoms with van der Waals surface area (Å²) in [4.78, 5) is 48.8. The zero-order valence-corrected chi connectivity index (χ0v) is 54.5. The van der Waals surface area contributed by atoms with Crippen molar-refractivity contribution in [1.29, 1.82) is 0 Å². The molecule has 12 heteroatoms. The average molecular weight is 1200 g/mol. The second kappa shape index (κ2) is 65.1. The molecule has 0 aliphatic rings. The Kier molecular flexibility index (Phi) is 62.1. The van der Waals surface area contributed by atoms with Crippen molar-refractivity contribution in [2.24, 2.45) is 0 Å². The van der Waals surface area contributed by atoms with Gasteiger partial charge in [0.2, 0.25) is 0 Å². The van der Waals surface area contributed by atoms with Gasteiger partial charge in [0.25, 0.3) is 0 Å². The predicted octanol–water partition coefficient (Wildman–Crippen LogP) is 20.9. The van der Waals surface area contributed by atoms with Crippen molar-refractivity contribution in [3.8, 4) is 0 Å².